The first-order chi connectivity index (χ1) is 13.9. The topological polar surface area (TPSA) is 39.1 Å². The number of aromatic nitrogens is 2. The van der Waals surface area contributed by atoms with Crippen LogP contribution >= 0.6 is 0 Å². The lowest BCUT2D eigenvalue weighted by atomic mass is 10.1. The Hall–Kier alpha value is -3.53. The molecule has 0 unspecified atom stereocenters. The smallest absolute Gasteiger partial charge is 0.133 e. The van der Waals surface area contributed by atoms with E-state index in [1.54, 1.807) is 0 Å². The molecule has 4 heteroatoms. The lowest BCUT2D eigenvalue weighted by molar-refractivity contribution is 0.306. The van der Waals surface area contributed by atoms with Crippen molar-refractivity contribution in [2.24, 2.45) is 0 Å². The van der Waals surface area contributed by atoms with Gasteiger partial charge in [0.1, 0.15) is 18.2 Å². The molecule has 0 aliphatic carbocycles. The molecule has 138 valence electrons. The molecule has 0 radical (unpaired) electrons. The van der Waals surface area contributed by atoms with Gasteiger partial charge in [-0.15, -0.1) is 0 Å². The van der Waals surface area contributed by atoms with Crippen LogP contribution in [-0.2, 0) is 13.0 Å². The van der Waals surface area contributed by atoms with E-state index in [9.17, 15) is 0 Å². The Morgan fingerprint density at radius 3 is 2.32 bits per heavy atom. The van der Waals surface area contributed by atoms with Gasteiger partial charge >= 0.3 is 0 Å². The van der Waals surface area contributed by atoms with Crippen LogP contribution in [-0.4, -0.2) is 16.3 Å². The first-order valence-electron chi connectivity index (χ1n) is 9.57. The van der Waals surface area contributed by atoms with E-state index in [1.807, 2.05) is 41.1 Å². The SMILES string of the molecule is c1ccc(COc2ccc(-n3nc(-c4ccccc4)c4c3NCC4)cc2)cc1. The summed E-state index contributed by atoms with van der Waals surface area (Å²) in [7, 11) is 0. The summed E-state index contributed by atoms with van der Waals surface area (Å²) < 4.78 is 7.91. The maximum Gasteiger partial charge on any atom is 0.133 e. The van der Waals surface area contributed by atoms with Crippen LogP contribution < -0.4 is 10.1 Å². The predicted octanol–water partition coefficient (Wildman–Crippen LogP) is 5.09. The lowest BCUT2D eigenvalue weighted by Crippen LogP contribution is -2.04. The van der Waals surface area contributed by atoms with Gasteiger partial charge in [0.05, 0.1) is 11.4 Å². The number of ether oxygens (including phenoxy) is 1. The van der Waals surface area contributed by atoms with Gasteiger partial charge in [-0.1, -0.05) is 60.7 Å². The third-order valence-corrected chi connectivity index (χ3v) is 5.03. The van der Waals surface area contributed by atoms with Crippen LogP contribution in [0.15, 0.2) is 84.9 Å². The minimum atomic E-state index is 0.567. The highest BCUT2D eigenvalue weighted by Gasteiger charge is 2.23. The third-order valence-electron chi connectivity index (χ3n) is 5.03. The van der Waals surface area contributed by atoms with Crippen molar-refractivity contribution in [3.8, 4) is 22.7 Å². The molecule has 0 bridgehead atoms. The number of fused-ring (bicyclic) bond motifs is 1. The Bertz CT molecular complexity index is 1070. The predicted molar refractivity (Wildman–Crippen MR) is 112 cm³/mol. The zero-order valence-electron chi connectivity index (χ0n) is 15.5. The summed E-state index contributed by atoms with van der Waals surface area (Å²) >= 11 is 0. The number of benzene rings is 3. The fourth-order valence-corrected chi connectivity index (χ4v) is 3.61. The highest BCUT2D eigenvalue weighted by atomic mass is 16.5. The van der Waals surface area contributed by atoms with Crippen molar-refractivity contribution in [1.29, 1.82) is 0 Å². The summed E-state index contributed by atoms with van der Waals surface area (Å²) in [6, 6.07) is 28.7. The molecule has 3 aromatic carbocycles. The summed E-state index contributed by atoms with van der Waals surface area (Å²) in [5, 5.41) is 8.40. The minimum absolute atomic E-state index is 0.567. The molecule has 0 saturated heterocycles. The first-order valence-corrected chi connectivity index (χ1v) is 9.57. The van der Waals surface area contributed by atoms with Crippen LogP contribution in [0.1, 0.15) is 11.1 Å². The second kappa shape index (κ2) is 7.24. The maximum absolute atomic E-state index is 5.90. The Labute approximate surface area is 164 Å². The molecule has 2 heterocycles. The molecule has 0 fully saturated rings. The number of hydrogen-bond acceptors (Lipinski definition) is 3. The fourth-order valence-electron chi connectivity index (χ4n) is 3.61. The molecule has 4 nitrogen and oxygen atoms in total. The van der Waals surface area contributed by atoms with Gasteiger partial charge in [0.25, 0.3) is 0 Å². The molecule has 1 aliphatic rings. The Morgan fingerprint density at radius 1 is 0.857 bits per heavy atom. The molecular formula is C24H21N3O. The Kier molecular flexibility index (Phi) is 4.30. The van der Waals surface area contributed by atoms with Gasteiger partial charge in [-0.2, -0.15) is 5.10 Å². The van der Waals surface area contributed by atoms with Crippen LogP contribution in [0, 0.1) is 0 Å². The number of nitrogens with zero attached hydrogens (tertiary/aromatic N) is 2. The molecule has 28 heavy (non-hydrogen) atoms. The van der Waals surface area contributed by atoms with Gasteiger partial charge in [0.15, 0.2) is 0 Å². The average molecular weight is 367 g/mol. The van der Waals surface area contributed by atoms with Gasteiger partial charge in [0, 0.05) is 17.7 Å². The van der Waals surface area contributed by atoms with E-state index in [-0.39, 0.29) is 0 Å². The molecule has 0 amide bonds. The molecule has 5 rings (SSSR count). The fraction of sp³-hybridized carbons (Fsp3) is 0.125. The van der Waals surface area contributed by atoms with Crippen molar-refractivity contribution in [2.75, 3.05) is 11.9 Å². The largest absolute Gasteiger partial charge is 0.489 e. The van der Waals surface area contributed by atoms with E-state index >= 15 is 0 Å². The van der Waals surface area contributed by atoms with E-state index < -0.39 is 0 Å². The molecule has 4 aromatic rings. The van der Waals surface area contributed by atoms with Crippen molar-refractivity contribution in [2.45, 2.75) is 13.0 Å². The Balaban J connectivity index is 1.41. The van der Waals surface area contributed by atoms with E-state index in [0.29, 0.717) is 6.61 Å². The van der Waals surface area contributed by atoms with E-state index in [0.717, 1.165) is 47.0 Å². The van der Waals surface area contributed by atoms with Gasteiger partial charge < -0.3 is 10.1 Å². The summed E-state index contributed by atoms with van der Waals surface area (Å²) in [6.07, 6.45) is 0.998. The van der Waals surface area contributed by atoms with Crippen molar-refractivity contribution in [3.63, 3.8) is 0 Å². The van der Waals surface area contributed by atoms with E-state index in [1.165, 1.54) is 5.56 Å². The third kappa shape index (κ3) is 3.14. The molecule has 0 atom stereocenters. The standard InChI is InChI=1S/C24H21N3O/c1-3-7-18(8-4-1)17-28-21-13-11-20(12-14-21)27-24-22(15-16-25-24)23(26-27)19-9-5-2-6-10-19/h1-14,25H,15-17H2. The molecule has 1 aliphatic heterocycles. The average Bonchev–Trinajstić information content (AvgIpc) is 3.37. The molecule has 0 saturated carbocycles. The highest BCUT2D eigenvalue weighted by Crippen LogP contribution is 2.34. The van der Waals surface area contributed by atoms with E-state index in [2.05, 4.69) is 53.8 Å². The van der Waals surface area contributed by atoms with Gasteiger partial charge in [-0.25, -0.2) is 4.68 Å². The second-order valence-corrected chi connectivity index (χ2v) is 6.90. The van der Waals surface area contributed by atoms with Crippen LogP contribution in [0.25, 0.3) is 16.9 Å². The zero-order chi connectivity index (χ0) is 18.8. The van der Waals surface area contributed by atoms with E-state index in [4.69, 9.17) is 9.84 Å². The molecule has 0 spiro atoms. The van der Waals surface area contributed by atoms with Crippen LogP contribution in [0.2, 0.25) is 0 Å². The first kappa shape index (κ1) is 16.6. The van der Waals surface area contributed by atoms with Crippen LogP contribution in [0.3, 0.4) is 0 Å². The summed E-state index contributed by atoms with van der Waals surface area (Å²) in [5.74, 6) is 1.95. The number of rotatable bonds is 5. The minimum Gasteiger partial charge on any atom is -0.489 e. The monoisotopic (exact) mass is 367 g/mol. The Morgan fingerprint density at radius 2 is 1.57 bits per heavy atom. The quantitative estimate of drug-likeness (QED) is 0.534. The van der Waals surface area contributed by atoms with Crippen LogP contribution in [0.4, 0.5) is 5.82 Å². The maximum atomic E-state index is 5.90. The molecule has 1 aromatic heterocycles. The zero-order valence-corrected chi connectivity index (χ0v) is 15.5. The number of hydrogen-bond donors (Lipinski definition) is 1. The lowest BCUT2D eigenvalue weighted by Gasteiger charge is -2.09. The normalized spacial score (nSPS) is 12.4. The van der Waals surface area contributed by atoms with Gasteiger partial charge in [-0.05, 0) is 36.2 Å². The van der Waals surface area contributed by atoms with Crippen molar-refractivity contribution in [3.05, 3.63) is 96.1 Å². The van der Waals surface area contributed by atoms with Crippen molar-refractivity contribution < 1.29 is 4.74 Å². The summed E-state index contributed by atoms with van der Waals surface area (Å²) in [6.45, 7) is 1.52. The van der Waals surface area contributed by atoms with Crippen LogP contribution in [0.5, 0.6) is 5.75 Å². The molecular weight excluding hydrogens is 346 g/mol. The molecule has 1 N–H and O–H groups in total. The number of nitrogens with one attached hydrogen (secondary N) is 1. The van der Waals surface area contributed by atoms with Crippen molar-refractivity contribution in [1.82, 2.24) is 9.78 Å². The number of anilines is 1. The summed E-state index contributed by atoms with van der Waals surface area (Å²) in [4.78, 5) is 0. The van der Waals surface area contributed by atoms with Gasteiger partial charge in [0.2, 0.25) is 0 Å². The van der Waals surface area contributed by atoms with Crippen molar-refractivity contribution >= 4 is 5.82 Å². The van der Waals surface area contributed by atoms with Gasteiger partial charge in [-0.3, -0.25) is 0 Å². The summed E-state index contributed by atoms with van der Waals surface area (Å²) in [5.41, 5.74) is 5.69. The highest BCUT2D eigenvalue weighted by molar-refractivity contribution is 5.72. The second-order valence-electron chi connectivity index (χ2n) is 6.90.